The number of fused-ring (bicyclic) bond motifs is 1. The molecule has 0 saturated heterocycles. The summed E-state index contributed by atoms with van der Waals surface area (Å²) in [7, 11) is 0. The van der Waals surface area contributed by atoms with Crippen LogP contribution in [0.15, 0.2) is 36.5 Å². The van der Waals surface area contributed by atoms with Gasteiger partial charge >= 0.3 is 0 Å². The predicted octanol–water partition coefficient (Wildman–Crippen LogP) is 2.77. The van der Waals surface area contributed by atoms with Crippen molar-refractivity contribution in [3.05, 3.63) is 47.8 Å². The molecule has 4 heteroatoms. The molecule has 19 heavy (non-hydrogen) atoms. The first kappa shape index (κ1) is 11.8. The Morgan fingerprint density at radius 2 is 1.95 bits per heavy atom. The average molecular weight is 256 g/mol. The molecule has 0 atom stereocenters. The summed E-state index contributed by atoms with van der Waals surface area (Å²) in [5, 5.41) is 3.35. The van der Waals surface area contributed by atoms with E-state index in [1.807, 2.05) is 37.4 Å². The lowest BCUT2D eigenvalue weighted by Crippen LogP contribution is -2.15. The summed E-state index contributed by atoms with van der Waals surface area (Å²) in [6.07, 6.45) is 1.89. The maximum absolute atomic E-state index is 5.55. The Hall–Kier alpha value is -2.23. The number of rotatable bonds is 3. The zero-order valence-corrected chi connectivity index (χ0v) is 10.8. The SMILES string of the molecule is Cc1ccc(CNc2ccc3c(c2)OCCO3)cn1. The van der Waals surface area contributed by atoms with Gasteiger partial charge in [-0.05, 0) is 30.7 Å². The number of anilines is 1. The van der Waals surface area contributed by atoms with E-state index in [1.54, 1.807) is 0 Å². The van der Waals surface area contributed by atoms with E-state index in [2.05, 4.69) is 16.4 Å². The minimum Gasteiger partial charge on any atom is -0.486 e. The quantitative estimate of drug-likeness (QED) is 0.917. The molecule has 0 spiro atoms. The lowest BCUT2D eigenvalue weighted by molar-refractivity contribution is 0.171. The summed E-state index contributed by atoms with van der Waals surface area (Å²) in [5.41, 5.74) is 3.20. The van der Waals surface area contributed by atoms with E-state index < -0.39 is 0 Å². The summed E-state index contributed by atoms with van der Waals surface area (Å²) < 4.78 is 11.0. The van der Waals surface area contributed by atoms with Gasteiger partial charge < -0.3 is 14.8 Å². The van der Waals surface area contributed by atoms with Gasteiger partial charge in [0.2, 0.25) is 0 Å². The number of nitrogens with one attached hydrogen (secondary N) is 1. The summed E-state index contributed by atoms with van der Waals surface area (Å²) in [6, 6.07) is 9.99. The molecule has 0 unspecified atom stereocenters. The van der Waals surface area contributed by atoms with Crippen LogP contribution in [-0.4, -0.2) is 18.2 Å². The maximum Gasteiger partial charge on any atom is 0.163 e. The summed E-state index contributed by atoms with van der Waals surface area (Å²) in [4.78, 5) is 4.28. The lowest BCUT2D eigenvalue weighted by Gasteiger charge is -2.19. The first-order chi connectivity index (χ1) is 9.31. The normalized spacial score (nSPS) is 13.1. The van der Waals surface area contributed by atoms with Crippen molar-refractivity contribution in [1.29, 1.82) is 0 Å². The number of hydrogen-bond donors (Lipinski definition) is 1. The van der Waals surface area contributed by atoms with Crippen LogP contribution < -0.4 is 14.8 Å². The van der Waals surface area contributed by atoms with Crippen LogP contribution in [0.25, 0.3) is 0 Å². The van der Waals surface area contributed by atoms with Crippen LogP contribution in [0, 0.1) is 6.92 Å². The molecule has 4 nitrogen and oxygen atoms in total. The Labute approximate surface area is 112 Å². The van der Waals surface area contributed by atoms with Crippen molar-refractivity contribution in [1.82, 2.24) is 4.98 Å². The van der Waals surface area contributed by atoms with Crippen molar-refractivity contribution in [2.45, 2.75) is 13.5 Å². The van der Waals surface area contributed by atoms with Gasteiger partial charge in [0, 0.05) is 30.2 Å². The molecule has 0 saturated carbocycles. The Bertz CT molecular complexity index is 567. The Kier molecular flexibility index (Phi) is 3.23. The van der Waals surface area contributed by atoms with Crippen LogP contribution in [0.4, 0.5) is 5.69 Å². The van der Waals surface area contributed by atoms with Crippen LogP contribution in [0.2, 0.25) is 0 Å². The number of ether oxygens (including phenoxy) is 2. The number of aromatic nitrogens is 1. The molecule has 2 aromatic rings. The summed E-state index contributed by atoms with van der Waals surface area (Å²) in [5.74, 6) is 1.62. The third kappa shape index (κ3) is 2.78. The molecule has 0 radical (unpaired) electrons. The fourth-order valence-electron chi connectivity index (χ4n) is 1.96. The third-order valence-corrected chi connectivity index (χ3v) is 3.01. The second-order valence-corrected chi connectivity index (χ2v) is 4.52. The first-order valence-electron chi connectivity index (χ1n) is 6.36. The topological polar surface area (TPSA) is 43.4 Å². The highest BCUT2D eigenvalue weighted by Gasteiger charge is 2.11. The van der Waals surface area contributed by atoms with E-state index in [0.29, 0.717) is 13.2 Å². The van der Waals surface area contributed by atoms with Gasteiger partial charge in [0.15, 0.2) is 11.5 Å². The highest BCUT2D eigenvalue weighted by Crippen LogP contribution is 2.32. The largest absolute Gasteiger partial charge is 0.486 e. The van der Waals surface area contributed by atoms with Gasteiger partial charge in [-0.3, -0.25) is 4.98 Å². The molecular weight excluding hydrogens is 240 g/mol. The van der Waals surface area contributed by atoms with E-state index in [0.717, 1.165) is 35.0 Å². The van der Waals surface area contributed by atoms with Crippen molar-refractivity contribution in [3.63, 3.8) is 0 Å². The molecular formula is C15H16N2O2. The summed E-state index contributed by atoms with van der Waals surface area (Å²) in [6.45, 7) is 3.96. The zero-order valence-electron chi connectivity index (χ0n) is 10.8. The van der Waals surface area contributed by atoms with Crippen LogP contribution in [0.3, 0.4) is 0 Å². The Balaban J connectivity index is 1.68. The minimum atomic E-state index is 0.609. The fourth-order valence-corrected chi connectivity index (χ4v) is 1.96. The van der Waals surface area contributed by atoms with Crippen molar-refractivity contribution in [3.8, 4) is 11.5 Å². The standard InChI is InChI=1S/C15H16N2O2/c1-11-2-3-12(9-16-11)10-17-13-4-5-14-15(8-13)19-7-6-18-14/h2-5,8-9,17H,6-7,10H2,1H3. The number of pyridine rings is 1. The van der Waals surface area contributed by atoms with Gasteiger partial charge in [-0.25, -0.2) is 0 Å². The second-order valence-electron chi connectivity index (χ2n) is 4.52. The predicted molar refractivity (Wildman–Crippen MR) is 73.7 cm³/mol. The molecule has 0 amide bonds. The molecule has 2 heterocycles. The van der Waals surface area contributed by atoms with Crippen molar-refractivity contribution in [2.75, 3.05) is 18.5 Å². The third-order valence-electron chi connectivity index (χ3n) is 3.01. The van der Waals surface area contributed by atoms with Crippen LogP contribution in [0.5, 0.6) is 11.5 Å². The molecule has 0 fully saturated rings. The highest BCUT2D eigenvalue weighted by molar-refractivity contribution is 5.55. The number of aryl methyl sites for hydroxylation is 1. The first-order valence-corrected chi connectivity index (χ1v) is 6.36. The van der Waals surface area contributed by atoms with Crippen LogP contribution in [-0.2, 0) is 6.54 Å². The fraction of sp³-hybridized carbons (Fsp3) is 0.267. The average Bonchev–Trinajstić information content (AvgIpc) is 2.46. The van der Waals surface area contributed by atoms with E-state index in [9.17, 15) is 0 Å². The maximum atomic E-state index is 5.55. The van der Waals surface area contributed by atoms with Crippen LogP contribution >= 0.6 is 0 Å². The molecule has 0 aliphatic carbocycles. The van der Waals surface area contributed by atoms with Crippen molar-refractivity contribution < 1.29 is 9.47 Å². The van der Waals surface area contributed by atoms with E-state index in [1.165, 1.54) is 0 Å². The van der Waals surface area contributed by atoms with Gasteiger partial charge in [-0.15, -0.1) is 0 Å². The number of benzene rings is 1. The second kappa shape index (κ2) is 5.18. The monoisotopic (exact) mass is 256 g/mol. The molecule has 1 aliphatic heterocycles. The van der Waals surface area contributed by atoms with E-state index >= 15 is 0 Å². The van der Waals surface area contributed by atoms with Gasteiger partial charge in [0.25, 0.3) is 0 Å². The smallest absolute Gasteiger partial charge is 0.163 e. The molecule has 3 rings (SSSR count). The number of hydrogen-bond acceptors (Lipinski definition) is 4. The van der Waals surface area contributed by atoms with Gasteiger partial charge in [0.05, 0.1) is 0 Å². The van der Waals surface area contributed by atoms with Crippen molar-refractivity contribution >= 4 is 5.69 Å². The van der Waals surface area contributed by atoms with Gasteiger partial charge in [-0.2, -0.15) is 0 Å². The molecule has 1 aromatic heterocycles. The summed E-state index contributed by atoms with van der Waals surface area (Å²) >= 11 is 0. The molecule has 0 bridgehead atoms. The van der Waals surface area contributed by atoms with Gasteiger partial charge in [-0.1, -0.05) is 6.07 Å². The molecule has 1 aromatic carbocycles. The Morgan fingerprint density at radius 3 is 2.74 bits per heavy atom. The molecule has 1 N–H and O–H groups in total. The minimum absolute atomic E-state index is 0.609. The van der Waals surface area contributed by atoms with Crippen LogP contribution in [0.1, 0.15) is 11.3 Å². The highest BCUT2D eigenvalue weighted by atomic mass is 16.6. The number of nitrogens with zero attached hydrogens (tertiary/aromatic N) is 1. The van der Waals surface area contributed by atoms with E-state index in [-0.39, 0.29) is 0 Å². The van der Waals surface area contributed by atoms with Crippen molar-refractivity contribution in [2.24, 2.45) is 0 Å². The zero-order chi connectivity index (χ0) is 13.1. The lowest BCUT2D eigenvalue weighted by atomic mass is 10.2. The molecule has 98 valence electrons. The molecule has 1 aliphatic rings. The Morgan fingerprint density at radius 1 is 1.11 bits per heavy atom. The van der Waals surface area contributed by atoms with Gasteiger partial charge in [0.1, 0.15) is 13.2 Å². The van der Waals surface area contributed by atoms with E-state index in [4.69, 9.17) is 9.47 Å².